The summed E-state index contributed by atoms with van der Waals surface area (Å²) in [6.45, 7) is 1.77. The lowest BCUT2D eigenvalue weighted by Gasteiger charge is -2.02. The number of benzene rings is 1. The molecule has 3 aromatic rings. The maximum atomic E-state index is 11.9. The number of ether oxygens (including phenoxy) is 1. The normalized spacial score (nSPS) is 11.4. The highest BCUT2D eigenvalue weighted by atomic mass is 35.5. The van der Waals surface area contributed by atoms with Gasteiger partial charge < -0.3 is 4.74 Å². The molecule has 0 N–H and O–H groups in total. The smallest absolute Gasteiger partial charge is 0.348 e. The fraction of sp³-hybridized carbons (Fsp3) is 0.111. The fourth-order valence-corrected chi connectivity index (χ4v) is 4.03. The molecule has 26 heavy (non-hydrogen) atoms. The topological polar surface area (TPSA) is 75.9 Å². The van der Waals surface area contributed by atoms with Crippen molar-refractivity contribution in [2.24, 2.45) is 0 Å². The van der Waals surface area contributed by atoms with Gasteiger partial charge in [0.2, 0.25) is 0 Å². The molecule has 130 valence electrons. The van der Waals surface area contributed by atoms with Crippen LogP contribution in [0.3, 0.4) is 0 Å². The van der Waals surface area contributed by atoms with Crippen LogP contribution in [-0.4, -0.2) is 23.0 Å². The van der Waals surface area contributed by atoms with E-state index in [2.05, 4.69) is 16.0 Å². The first kappa shape index (κ1) is 18.3. The van der Waals surface area contributed by atoms with Gasteiger partial charge in [0.1, 0.15) is 14.9 Å². The number of esters is 1. The van der Waals surface area contributed by atoms with Crippen molar-refractivity contribution >= 4 is 61.8 Å². The van der Waals surface area contributed by atoms with Gasteiger partial charge in [-0.25, -0.2) is 14.8 Å². The Kier molecular flexibility index (Phi) is 5.23. The van der Waals surface area contributed by atoms with Crippen LogP contribution < -0.4 is 0 Å². The number of nitriles is 1. The lowest BCUT2D eigenvalue weighted by molar-refractivity contribution is 0.0605. The lowest BCUT2D eigenvalue weighted by Crippen LogP contribution is -1.99. The van der Waals surface area contributed by atoms with Crippen LogP contribution in [0.25, 0.3) is 21.3 Å². The molecule has 0 bridgehead atoms. The van der Waals surface area contributed by atoms with Crippen LogP contribution >= 0.6 is 34.5 Å². The minimum Gasteiger partial charge on any atom is -0.465 e. The van der Waals surface area contributed by atoms with Crippen molar-refractivity contribution in [3.8, 4) is 6.07 Å². The minimum atomic E-state index is -0.442. The first-order valence-electron chi connectivity index (χ1n) is 7.37. The number of aromatic nitrogens is 2. The summed E-state index contributed by atoms with van der Waals surface area (Å²) in [5.41, 5.74) is 2.04. The Morgan fingerprint density at radius 3 is 2.62 bits per heavy atom. The van der Waals surface area contributed by atoms with Gasteiger partial charge in [0.15, 0.2) is 5.82 Å². The molecular weight excluding hydrogens is 393 g/mol. The summed E-state index contributed by atoms with van der Waals surface area (Å²) >= 11 is 13.8. The molecule has 0 atom stereocenters. The number of hydrogen-bond acceptors (Lipinski definition) is 6. The van der Waals surface area contributed by atoms with Gasteiger partial charge in [-0.15, -0.1) is 11.3 Å². The molecule has 3 rings (SSSR count). The largest absolute Gasteiger partial charge is 0.465 e. The molecule has 2 heterocycles. The van der Waals surface area contributed by atoms with Gasteiger partial charge in [0, 0.05) is 0 Å². The van der Waals surface area contributed by atoms with Crippen LogP contribution in [0.4, 0.5) is 0 Å². The Balaban J connectivity index is 2.06. The molecule has 0 saturated carbocycles. The van der Waals surface area contributed by atoms with Crippen molar-refractivity contribution in [1.82, 2.24) is 9.97 Å². The summed E-state index contributed by atoms with van der Waals surface area (Å²) in [4.78, 5) is 21.5. The van der Waals surface area contributed by atoms with Gasteiger partial charge in [-0.05, 0) is 36.3 Å². The Morgan fingerprint density at radius 2 is 2.00 bits per heavy atom. The first-order valence-corrected chi connectivity index (χ1v) is 8.94. The molecular formula is C18H11Cl2N3O2S. The van der Waals surface area contributed by atoms with E-state index in [1.165, 1.54) is 18.4 Å². The van der Waals surface area contributed by atoms with Gasteiger partial charge in [-0.3, -0.25) is 0 Å². The van der Waals surface area contributed by atoms with Crippen LogP contribution in [-0.2, 0) is 4.74 Å². The summed E-state index contributed by atoms with van der Waals surface area (Å²) < 4.78 is 4.78. The molecule has 8 heteroatoms. The number of carbonyl (C=O) groups excluding carboxylic acids is 1. The molecule has 2 aromatic heterocycles. The minimum absolute atomic E-state index is 0.222. The van der Waals surface area contributed by atoms with Crippen LogP contribution in [0.2, 0.25) is 5.15 Å². The van der Waals surface area contributed by atoms with Crippen LogP contribution in [0, 0.1) is 18.3 Å². The van der Waals surface area contributed by atoms with Gasteiger partial charge in [0.25, 0.3) is 0 Å². The van der Waals surface area contributed by atoms with Crippen molar-refractivity contribution in [2.75, 3.05) is 7.11 Å². The van der Waals surface area contributed by atoms with Crippen LogP contribution in [0.15, 0.2) is 24.3 Å². The van der Waals surface area contributed by atoms with E-state index in [0.717, 1.165) is 5.56 Å². The van der Waals surface area contributed by atoms with Crippen LogP contribution in [0.5, 0.6) is 0 Å². The van der Waals surface area contributed by atoms with Crippen LogP contribution in [0.1, 0.15) is 32.2 Å². The van der Waals surface area contributed by atoms with E-state index in [0.29, 0.717) is 31.3 Å². The predicted molar refractivity (Wildman–Crippen MR) is 103 cm³/mol. The number of aryl methyl sites for hydroxylation is 1. The third-order valence-electron chi connectivity index (χ3n) is 3.66. The van der Waals surface area contributed by atoms with Crippen molar-refractivity contribution in [1.29, 1.82) is 5.26 Å². The van der Waals surface area contributed by atoms with Crippen molar-refractivity contribution in [2.45, 2.75) is 6.92 Å². The number of methoxy groups -OCH3 is 1. The van der Waals surface area contributed by atoms with E-state index in [4.69, 9.17) is 33.2 Å². The number of halogens is 2. The molecule has 5 nitrogen and oxygen atoms in total. The molecule has 0 saturated heterocycles. The predicted octanol–water partition coefficient (Wildman–Crippen LogP) is 5.05. The van der Waals surface area contributed by atoms with Gasteiger partial charge in [-0.2, -0.15) is 5.26 Å². The Labute approximate surface area is 163 Å². The monoisotopic (exact) mass is 403 g/mol. The van der Waals surface area contributed by atoms with E-state index in [9.17, 15) is 4.79 Å². The second-order valence-corrected chi connectivity index (χ2v) is 7.06. The highest BCUT2D eigenvalue weighted by molar-refractivity contribution is 7.20. The number of thiophene rings is 1. The third-order valence-corrected chi connectivity index (χ3v) is 5.38. The van der Waals surface area contributed by atoms with E-state index >= 15 is 0 Å². The van der Waals surface area contributed by atoms with Gasteiger partial charge >= 0.3 is 5.97 Å². The second-order valence-electron chi connectivity index (χ2n) is 5.29. The van der Waals surface area contributed by atoms with Crippen molar-refractivity contribution in [3.63, 3.8) is 0 Å². The quantitative estimate of drug-likeness (QED) is 0.451. The molecule has 0 fully saturated rings. The van der Waals surface area contributed by atoms with E-state index in [1.54, 1.807) is 37.3 Å². The van der Waals surface area contributed by atoms with E-state index in [-0.39, 0.29) is 11.0 Å². The Bertz CT molecular complexity index is 1080. The molecule has 0 spiro atoms. The zero-order valence-electron chi connectivity index (χ0n) is 13.7. The number of carbonyl (C=O) groups is 1. The molecule has 0 amide bonds. The average Bonchev–Trinajstić information content (AvgIpc) is 2.98. The van der Waals surface area contributed by atoms with E-state index in [1.807, 2.05) is 0 Å². The highest BCUT2D eigenvalue weighted by Crippen LogP contribution is 2.35. The number of fused-ring (bicyclic) bond motifs is 1. The Morgan fingerprint density at radius 1 is 1.31 bits per heavy atom. The molecule has 0 unspecified atom stereocenters. The summed E-state index contributed by atoms with van der Waals surface area (Å²) in [5, 5.41) is 9.98. The molecule has 0 radical (unpaired) electrons. The second kappa shape index (κ2) is 7.42. The summed E-state index contributed by atoms with van der Waals surface area (Å²) in [6.07, 6.45) is 1.68. The number of hydrogen-bond donors (Lipinski definition) is 0. The molecule has 0 aliphatic carbocycles. The average molecular weight is 404 g/mol. The van der Waals surface area contributed by atoms with Gasteiger partial charge in [-0.1, -0.05) is 35.3 Å². The maximum Gasteiger partial charge on any atom is 0.348 e. The summed E-state index contributed by atoms with van der Waals surface area (Å²) in [7, 11) is 1.32. The van der Waals surface area contributed by atoms with Crippen molar-refractivity contribution < 1.29 is 9.53 Å². The third kappa shape index (κ3) is 3.42. The molecule has 0 aliphatic rings. The zero-order chi connectivity index (χ0) is 18.8. The molecule has 1 aromatic carbocycles. The SMILES string of the molecule is COC(=O)c1sc2nc(/C(Cl)=C/c3ccc(C#N)cc3)nc(Cl)c2c1C. The standard InChI is InChI=1S/C18H11Cl2N3O2S/c1-9-13-15(20)22-16(23-17(13)26-14(9)18(24)25-2)12(19)7-10-3-5-11(8-21)6-4-10/h3-7H,1-2H3/b12-7-. The van der Waals surface area contributed by atoms with E-state index < -0.39 is 5.97 Å². The highest BCUT2D eigenvalue weighted by Gasteiger charge is 2.20. The number of rotatable bonds is 3. The summed E-state index contributed by atoms with van der Waals surface area (Å²) in [6, 6.07) is 8.98. The van der Waals surface area contributed by atoms with Crippen molar-refractivity contribution in [3.05, 3.63) is 56.8 Å². The fourth-order valence-electron chi connectivity index (χ4n) is 2.35. The van der Waals surface area contributed by atoms with Gasteiger partial charge in [0.05, 0.1) is 29.2 Å². The maximum absolute atomic E-state index is 11.9. The first-order chi connectivity index (χ1) is 12.4. The zero-order valence-corrected chi connectivity index (χ0v) is 16.0. The molecule has 0 aliphatic heterocycles. The number of nitrogens with zero attached hydrogens (tertiary/aromatic N) is 3. The Hall–Kier alpha value is -2.46. The lowest BCUT2D eigenvalue weighted by atomic mass is 10.1. The summed E-state index contributed by atoms with van der Waals surface area (Å²) in [5.74, 6) is -0.187.